The molecule has 6 heteroatoms. The summed E-state index contributed by atoms with van der Waals surface area (Å²) in [4.78, 5) is 14.9. The molecule has 0 bridgehead atoms. The van der Waals surface area contributed by atoms with Gasteiger partial charge in [0.2, 0.25) is 8.53 Å². The Morgan fingerprint density at radius 3 is 1.33 bits per heavy atom. The molecule has 6 N–H and O–H groups in total. The van der Waals surface area contributed by atoms with Crippen LogP contribution in [0.1, 0.15) is 6.42 Å². The lowest BCUT2D eigenvalue weighted by Gasteiger charge is -1.79. The third kappa shape index (κ3) is 64.2. The molecule has 0 spiro atoms. The number of hydrogen-bond donors (Lipinski definition) is 5. The Morgan fingerprint density at radius 1 is 1.11 bits per heavy atom. The first-order chi connectivity index (χ1) is 4.15. The van der Waals surface area contributed by atoms with Crippen molar-refractivity contribution in [1.82, 2.24) is 0 Å². The Morgan fingerprint density at radius 2 is 1.33 bits per heavy atom. The van der Waals surface area contributed by atoms with Crippen molar-refractivity contribution in [3.05, 3.63) is 0 Å². The van der Waals surface area contributed by atoms with E-state index in [1.165, 1.54) is 0 Å². The van der Waals surface area contributed by atoms with E-state index in [9.17, 15) is 0 Å². The van der Waals surface area contributed by atoms with Gasteiger partial charge in [0.1, 0.15) is 0 Å². The van der Waals surface area contributed by atoms with E-state index in [1.54, 1.807) is 0 Å². The van der Waals surface area contributed by atoms with E-state index in [0.717, 1.165) is 0 Å². The van der Waals surface area contributed by atoms with Gasteiger partial charge in [-0.05, 0) is 6.42 Å². The van der Waals surface area contributed by atoms with Crippen LogP contribution in [0.4, 0.5) is 0 Å². The average Bonchev–Trinajstić information content (AvgIpc) is 1.66. The summed E-state index contributed by atoms with van der Waals surface area (Å²) in [7, 11) is -2.12. The first-order valence-corrected chi connectivity index (χ1v) is 3.61. The van der Waals surface area contributed by atoms with E-state index >= 15 is 0 Å². The van der Waals surface area contributed by atoms with Crippen molar-refractivity contribution in [2.75, 3.05) is 13.2 Å². The second-order valence-electron chi connectivity index (χ2n) is 1.12. The molecule has 0 rings (SSSR count). The predicted molar refractivity (Wildman–Crippen MR) is 34.3 cm³/mol. The third-order valence-electron chi connectivity index (χ3n) is 0.316. The SMILES string of the molecule is NP(O)O.OCCCO. The second kappa shape index (κ2) is 11.1. The van der Waals surface area contributed by atoms with E-state index in [2.05, 4.69) is 5.50 Å². The molecule has 0 unspecified atom stereocenters. The number of aliphatic hydroxyl groups is 2. The molecule has 0 saturated heterocycles. The van der Waals surface area contributed by atoms with Crippen LogP contribution in [-0.2, 0) is 0 Å². The Bertz CT molecular complexity index is 40.0. The lowest BCUT2D eigenvalue weighted by atomic mass is 10.5. The highest BCUT2D eigenvalue weighted by atomic mass is 31.2. The summed E-state index contributed by atoms with van der Waals surface area (Å²) in [5, 5.41) is 15.8. The van der Waals surface area contributed by atoms with Gasteiger partial charge in [-0.25, -0.2) is 0 Å². The largest absolute Gasteiger partial charge is 0.396 e. The Hall–Kier alpha value is 0.230. The lowest BCUT2D eigenvalue weighted by molar-refractivity contribution is 0.221. The molecule has 0 heterocycles. The summed E-state index contributed by atoms with van der Waals surface area (Å²) in [5.74, 6) is 0. The molecule has 0 aromatic heterocycles. The van der Waals surface area contributed by atoms with E-state index in [4.69, 9.17) is 20.0 Å². The fraction of sp³-hybridized carbons (Fsp3) is 1.00. The highest BCUT2D eigenvalue weighted by Crippen LogP contribution is 2.05. The van der Waals surface area contributed by atoms with E-state index in [-0.39, 0.29) is 13.2 Å². The van der Waals surface area contributed by atoms with Crippen LogP contribution in [0.3, 0.4) is 0 Å². The maximum Gasteiger partial charge on any atom is 0.247 e. The van der Waals surface area contributed by atoms with Crippen molar-refractivity contribution in [2.24, 2.45) is 5.50 Å². The van der Waals surface area contributed by atoms with Crippen LogP contribution in [0.5, 0.6) is 0 Å². The van der Waals surface area contributed by atoms with Gasteiger partial charge in [0.05, 0.1) is 0 Å². The zero-order valence-corrected chi connectivity index (χ0v) is 5.83. The molecular formula is C3H12NO4P. The van der Waals surface area contributed by atoms with Crippen molar-refractivity contribution in [3.63, 3.8) is 0 Å². The molecule has 0 amide bonds. The fourth-order valence-corrected chi connectivity index (χ4v) is 0.0707. The maximum atomic E-state index is 7.91. The molecule has 0 saturated carbocycles. The van der Waals surface area contributed by atoms with Crippen LogP contribution < -0.4 is 5.50 Å². The fourth-order valence-electron chi connectivity index (χ4n) is 0.0707. The minimum atomic E-state index is -2.12. The molecule has 0 aliphatic rings. The molecule has 0 fully saturated rings. The van der Waals surface area contributed by atoms with Gasteiger partial charge in [-0.3, -0.25) is 5.50 Å². The highest BCUT2D eigenvalue weighted by molar-refractivity contribution is 7.42. The molecule has 0 aliphatic carbocycles. The smallest absolute Gasteiger partial charge is 0.247 e. The van der Waals surface area contributed by atoms with Crippen molar-refractivity contribution in [3.8, 4) is 0 Å². The summed E-state index contributed by atoms with van der Waals surface area (Å²) in [5.41, 5.74) is 4.29. The van der Waals surface area contributed by atoms with E-state index < -0.39 is 8.53 Å². The van der Waals surface area contributed by atoms with Crippen molar-refractivity contribution in [1.29, 1.82) is 0 Å². The summed E-state index contributed by atoms with van der Waals surface area (Å²) in [6, 6.07) is 0. The third-order valence-corrected chi connectivity index (χ3v) is 0.316. The standard InChI is InChI=1S/C3H8O2.H4NO2P/c4-2-1-3-5;1-4(2)3/h4-5H,1-3H2;2-3H,1H2. The summed E-state index contributed by atoms with van der Waals surface area (Å²) >= 11 is 0. The van der Waals surface area contributed by atoms with Gasteiger partial charge in [-0.1, -0.05) is 0 Å². The number of nitrogens with two attached hydrogens (primary N) is 1. The maximum absolute atomic E-state index is 7.91. The van der Waals surface area contributed by atoms with Crippen molar-refractivity contribution < 1.29 is 20.0 Å². The highest BCUT2D eigenvalue weighted by Gasteiger charge is 1.72. The van der Waals surface area contributed by atoms with Crippen LogP contribution in [0.25, 0.3) is 0 Å². The van der Waals surface area contributed by atoms with Crippen LogP contribution in [-0.4, -0.2) is 33.2 Å². The van der Waals surface area contributed by atoms with Crippen molar-refractivity contribution in [2.45, 2.75) is 6.42 Å². The van der Waals surface area contributed by atoms with E-state index in [1.807, 2.05) is 0 Å². The molecule has 0 radical (unpaired) electrons. The predicted octanol–water partition coefficient (Wildman–Crippen LogP) is -1.48. The van der Waals surface area contributed by atoms with Crippen LogP contribution in [0.2, 0.25) is 0 Å². The molecule has 0 aromatic rings. The van der Waals surface area contributed by atoms with Crippen LogP contribution >= 0.6 is 8.53 Å². The number of rotatable bonds is 2. The van der Waals surface area contributed by atoms with Crippen LogP contribution in [0.15, 0.2) is 0 Å². The second-order valence-corrected chi connectivity index (χ2v) is 1.76. The molecule has 0 aliphatic heterocycles. The van der Waals surface area contributed by atoms with Crippen molar-refractivity contribution >= 4 is 8.53 Å². The normalized spacial score (nSPS) is 8.67. The Balaban J connectivity index is 0. The topological polar surface area (TPSA) is 107 Å². The van der Waals surface area contributed by atoms with Gasteiger partial charge in [-0.15, -0.1) is 0 Å². The molecule has 9 heavy (non-hydrogen) atoms. The zero-order valence-electron chi connectivity index (χ0n) is 4.93. The lowest BCUT2D eigenvalue weighted by Crippen LogP contribution is -1.85. The van der Waals surface area contributed by atoms with Gasteiger partial charge in [-0.2, -0.15) is 0 Å². The van der Waals surface area contributed by atoms with Crippen LogP contribution in [0, 0.1) is 0 Å². The monoisotopic (exact) mass is 157 g/mol. The number of aliphatic hydroxyl groups excluding tert-OH is 2. The zero-order chi connectivity index (χ0) is 7.70. The molecule has 5 nitrogen and oxygen atoms in total. The molecule has 0 aromatic carbocycles. The molecular weight excluding hydrogens is 145 g/mol. The Kier molecular flexibility index (Phi) is 14.7. The first-order valence-electron chi connectivity index (χ1n) is 2.29. The quantitative estimate of drug-likeness (QED) is 0.314. The Labute approximate surface area is 54.7 Å². The van der Waals surface area contributed by atoms with E-state index in [0.29, 0.717) is 6.42 Å². The summed E-state index contributed by atoms with van der Waals surface area (Å²) in [6.45, 7) is 0.188. The molecule has 0 atom stereocenters. The minimum Gasteiger partial charge on any atom is -0.396 e. The minimum absolute atomic E-state index is 0.0938. The average molecular weight is 157 g/mol. The number of hydrogen-bond acceptors (Lipinski definition) is 5. The molecule has 58 valence electrons. The van der Waals surface area contributed by atoms with Gasteiger partial charge >= 0.3 is 0 Å². The summed E-state index contributed by atoms with van der Waals surface area (Å²) < 4.78 is 0. The van der Waals surface area contributed by atoms with Gasteiger partial charge in [0.15, 0.2) is 0 Å². The van der Waals surface area contributed by atoms with Gasteiger partial charge in [0.25, 0.3) is 0 Å². The van der Waals surface area contributed by atoms with Gasteiger partial charge in [0, 0.05) is 13.2 Å². The van der Waals surface area contributed by atoms with Gasteiger partial charge < -0.3 is 20.0 Å². The summed E-state index contributed by atoms with van der Waals surface area (Å²) in [6.07, 6.45) is 0.500. The first kappa shape index (κ1) is 12.0.